The number of benzene rings is 1. The van der Waals surface area contributed by atoms with Gasteiger partial charge in [-0.25, -0.2) is 9.78 Å². The minimum atomic E-state index is -1.11. The van der Waals surface area contributed by atoms with Gasteiger partial charge in [0.1, 0.15) is 17.1 Å². The summed E-state index contributed by atoms with van der Waals surface area (Å²) in [6, 6.07) is 4.83. The van der Waals surface area contributed by atoms with Crippen molar-refractivity contribution in [3.63, 3.8) is 0 Å². The highest BCUT2D eigenvalue weighted by Crippen LogP contribution is 2.33. The normalized spacial score (nSPS) is 10.3. The maximum atomic E-state index is 11.2. The Morgan fingerprint density at radius 1 is 1.11 bits per heavy atom. The van der Waals surface area contributed by atoms with Crippen LogP contribution in [0.3, 0.4) is 0 Å². The van der Waals surface area contributed by atoms with E-state index in [0.29, 0.717) is 22.4 Å². The Labute approximate surface area is 109 Å². The van der Waals surface area contributed by atoms with Crippen LogP contribution >= 0.6 is 0 Å². The molecule has 0 unspecified atom stereocenters. The van der Waals surface area contributed by atoms with Crippen molar-refractivity contribution in [1.29, 1.82) is 0 Å². The molecule has 0 saturated carbocycles. The summed E-state index contributed by atoms with van der Waals surface area (Å²) >= 11 is 0. The average Bonchev–Trinajstić information content (AvgIpc) is 2.44. The van der Waals surface area contributed by atoms with E-state index in [9.17, 15) is 4.79 Å². The molecule has 1 aromatic carbocycles. The van der Waals surface area contributed by atoms with Gasteiger partial charge in [0, 0.05) is 17.5 Å². The van der Waals surface area contributed by atoms with Gasteiger partial charge in [-0.2, -0.15) is 0 Å². The smallest absolute Gasteiger partial charge is 0.341 e. The first-order valence-electron chi connectivity index (χ1n) is 5.44. The predicted molar refractivity (Wildman–Crippen MR) is 68.4 cm³/mol. The summed E-state index contributed by atoms with van der Waals surface area (Å²) in [6.07, 6.45) is 0. The summed E-state index contributed by atoms with van der Waals surface area (Å²) in [7, 11) is 4.40. The van der Waals surface area contributed by atoms with Crippen molar-refractivity contribution < 1.29 is 24.1 Å². The third kappa shape index (κ3) is 2.24. The van der Waals surface area contributed by atoms with Gasteiger partial charge in [0.15, 0.2) is 0 Å². The molecular weight excluding hydrogens is 250 g/mol. The van der Waals surface area contributed by atoms with Crippen LogP contribution in [-0.4, -0.2) is 37.4 Å². The van der Waals surface area contributed by atoms with Crippen LogP contribution < -0.4 is 14.2 Å². The van der Waals surface area contributed by atoms with Gasteiger partial charge in [0.05, 0.1) is 26.8 Å². The van der Waals surface area contributed by atoms with Gasteiger partial charge >= 0.3 is 5.97 Å². The number of nitrogens with zero attached hydrogens (tertiary/aromatic N) is 1. The van der Waals surface area contributed by atoms with Crippen LogP contribution in [0.1, 0.15) is 10.4 Å². The summed E-state index contributed by atoms with van der Waals surface area (Å²) < 4.78 is 15.4. The molecule has 2 aromatic rings. The minimum absolute atomic E-state index is 0.0153. The molecule has 0 saturated heterocycles. The largest absolute Gasteiger partial charge is 0.497 e. The van der Waals surface area contributed by atoms with Gasteiger partial charge in [-0.15, -0.1) is 0 Å². The standard InChI is InChI=1S/C13H13NO5/c1-17-7-4-10-8(11(5-7)18-2)6-9(13(15)16)12(14-10)19-3/h4-6H,1-3H3,(H,15,16). The molecule has 0 spiro atoms. The molecule has 100 valence electrons. The fraction of sp³-hybridized carbons (Fsp3) is 0.231. The zero-order valence-electron chi connectivity index (χ0n) is 10.8. The van der Waals surface area contributed by atoms with Crippen LogP contribution in [0.15, 0.2) is 18.2 Å². The number of carboxylic acid groups (broad SMARTS) is 1. The van der Waals surface area contributed by atoms with Gasteiger partial charge < -0.3 is 19.3 Å². The van der Waals surface area contributed by atoms with Crippen LogP contribution in [0.4, 0.5) is 0 Å². The van der Waals surface area contributed by atoms with Crippen molar-refractivity contribution in [3.05, 3.63) is 23.8 Å². The van der Waals surface area contributed by atoms with Gasteiger partial charge in [-0.3, -0.25) is 0 Å². The lowest BCUT2D eigenvalue weighted by atomic mass is 10.1. The van der Waals surface area contributed by atoms with Gasteiger partial charge in [-0.05, 0) is 6.07 Å². The topological polar surface area (TPSA) is 77.9 Å². The third-order valence-corrected chi connectivity index (χ3v) is 2.71. The Morgan fingerprint density at radius 2 is 1.84 bits per heavy atom. The van der Waals surface area contributed by atoms with E-state index in [-0.39, 0.29) is 11.4 Å². The Bertz CT molecular complexity index is 638. The molecule has 0 aliphatic rings. The van der Waals surface area contributed by atoms with Crippen LogP contribution in [-0.2, 0) is 0 Å². The molecule has 19 heavy (non-hydrogen) atoms. The van der Waals surface area contributed by atoms with Crippen molar-refractivity contribution in [2.45, 2.75) is 0 Å². The molecule has 6 nitrogen and oxygen atoms in total. The highest BCUT2D eigenvalue weighted by molar-refractivity contribution is 5.97. The number of hydrogen-bond acceptors (Lipinski definition) is 5. The van der Waals surface area contributed by atoms with Crippen molar-refractivity contribution in [1.82, 2.24) is 4.98 Å². The SMILES string of the molecule is COc1cc(OC)c2cc(C(=O)O)c(OC)nc2c1. The Kier molecular flexibility index (Phi) is 3.41. The van der Waals surface area contributed by atoms with E-state index in [1.54, 1.807) is 12.1 Å². The lowest BCUT2D eigenvalue weighted by Crippen LogP contribution is -2.03. The number of carboxylic acids is 1. The third-order valence-electron chi connectivity index (χ3n) is 2.71. The highest BCUT2D eigenvalue weighted by atomic mass is 16.5. The number of pyridine rings is 1. The summed E-state index contributed by atoms with van der Waals surface area (Å²) in [5, 5.41) is 9.72. The average molecular weight is 263 g/mol. The number of hydrogen-bond donors (Lipinski definition) is 1. The van der Waals surface area contributed by atoms with Crippen molar-refractivity contribution in [2.75, 3.05) is 21.3 Å². The highest BCUT2D eigenvalue weighted by Gasteiger charge is 2.16. The van der Waals surface area contributed by atoms with E-state index in [4.69, 9.17) is 19.3 Å². The Morgan fingerprint density at radius 3 is 2.37 bits per heavy atom. The molecular formula is C13H13NO5. The van der Waals surface area contributed by atoms with Gasteiger partial charge in [0.2, 0.25) is 5.88 Å². The second-order valence-corrected chi connectivity index (χ2v) is 3.75. The minimum Gasteiger partial charge on any atom is -0.497 e. The molecule has 2 rings (SSSR count). The summed E-state index contributed by atoms with van der Waals surface area (Å²) in [4.78, 5) is 15.3. The maximum absolute atomic E-state index is 11.2. The van der Waals surface area contributed by atoms with Crippen molar-refractivity contribution in [2.24, 2.45) is 0 Å². The molecule has 0 bridgehead atoms. The number of rotatable bonds is 4. The van der Waals surface area contributed by atoms with E-state index in [0.717, 1.165) is 0 Å². The van der Waals surface area contributed by atoms with Crippen molar-refractivity contribution >= 4 is 16.9 Å². The maximum Gasteiger partial charge on any atom is 0.341 e. The number of fused-ring (bicyclic) bond motifs is 1. The summed E-state index contributed by atoms with van der Waals surface area (Å²) in [5.41, 5.74) is 0.525. The molecule has 0 aliphatic heterocycles. The fourth-order valence-electron chi connectivity index (χ4n) is 1.80. The zero-order chi connectivity index (χ0) is 14.0. The molecule has 1 heterocycles. The Balaban J connectivity index is 2.80. The van der Waals surface area contributed by atoms with Crippen LogP contribution in [0.5, 0.6) is 17.4 Å². The lowest BCUT2D eigenvalue weighted by molar-refractivity contribution is 0.0692. The van der Waals surface area contributed by atoms with Crippen LogP contribution in [0, 0.1) is 0 Å². The number of carbonyl (C=O) groups is 1. The zero-order valence-corrected chi connectivity index (χ0v) is 10.8. The fourth-order valence-corrected chi connectivity index (χ4v) is 1.80. The van der Waals surface area contributed by atoms with E-state index in [1.165, 1.54) is 27.4 Å². The first-order chi connectivity index (χ1) is 9.10. The number of aromatic carboxylic acids is 1. The molecule has 6 heteroatoms. The van der Waals surface area contributed by atoms with E-state index < -0.39 is 5.97 Å². The first kappa shape index (κ1) is 12.9. The number of aromatic nitrogens is 1. The summed E-state index contributed by atoms with van der Waals surface area (Å²) in [5.74, 6) is 0.00779. The lowest BCUT2D eigenvalue weighted by Gasteiger charge is -2.11. The second kappa shape index (κ2) is 5.01. The predicted octanol–water partition coefficient (Wildman–Crippen LogP) is 1.96. The van der Waals surface area contributed by atoms with Crippen molar-refractivity contribution in [3.8, 4) is 17.4 Å². The molecule has 0 atom stereocenters. The van der Waals surface area contributed by atoms with E-state index >= 15 is 0 Å². The van der Waals surface area contributed by atoms with Crippen LogP contribution in [0.2, 0.25) is 0 Å². The first-order valence-corrected chi connectivity index (χ1v) is 5.44. The quantitative estimate of drug-likeness (QED) is 0.908. The number of ether oxygens (including phenoxy) is 3. The summed E-state index contributed by atoms with van der Waals surface area (Å²) in [6.45, 7) is 0. The molecule has 1 N–H and O–H groups in total. The Hall–Kier alpha value is -2.50. The monoisotopic (exact) mass is 263 g/mol. The van der Waals surface area contributed by atoms with E-state index in [2.05, 4.69) is 4.98 Å². The number of methoxy groups -OCH3 is 3. The second-order valence-electron chi connectivity index (χ2n) is 3.75. The molecule has 1 aromatic heterocycles. The van der Waals surface area contributed by atoms with Gasteiger partial charge in [0.25, 0.3) is 0 Å². The molecule has 0 radical (unpaired) electrons. The van der Waals surface area contributed by atoms with Crippen LogP contribution in [0.25, 0.3) is 10.9 Å². The molecule has 0 aliphatic carbocycles. The van der Waals surface area contributed by atoms with E-state index in [1.807, 2.05) is 0 Å². The molecule has 0 fully saturated rings. The molecule has 0 amide bonds. The van der Waals surface area contributed by atoms with Gasteiger partial charge in [-0.1, -0.05) is 0 Å².